The average molecular weight is 238 g/mol. The van der Waals surface area contributed by atoms with Crippen LogP contribution in [-0.2, 0) is 0 Å². The fourth-order valence-electron chi connectivity index (χ4n) is 1.75. The Morgan fingerprint density at radius 2 is 1.94 bits per heavy atom. The highest BCUT2D eigenvalue weighted by Gasteiger charge is 1.99. The molecular formula is C12H10N6. The maximum absolute atomic E-state index is 5.53. The first-order valence-electron chi connectivity index (χ1n) is 5.40. The van der Waals surface area contributed by atoms with Crippen LogP contribution < -0.4 is 5.73 Å². The molecule has 0 spiro atoms. The van der Waals surface area contributed by atoms with Crippen LogP contribution >= 0.6 is 0 Å². The monoisotopic (exact) mass is 238 g/mol. The van der Waals surface area contributed by atoms with Gasteiger partial charge < -0.3 is 5.73 Å². The van der Waals surface area contributed by atoms with E-state index in [4.69, 9.17) is 5.73 Å². The van der Waals surface area contributed by atoms with Crippen molar-refractivity contribution in [3.05, 3.63) is 48.0 Å². The number of anilines is 1. The normalized spacial score (nSPS) is 11.3. The number of nitrogens with two attached hydrogens (primary N) is 1. The van der Waals surface area contributed by atoms with Crippen molar-refractivity contribution in [1.29, 1.82) is 0 Å². The van der Waals surface area contributed by atoms with Crippen molar-refractivity contribution in [1.82, 2.24) is 20.3 Å². The summed E-state index contributed by atoms with van der Waals surface area (Å²) in [5.74, 6) is 0.159. The van der Waals surface area contributed by atoms with Crippen molar-refractivity contribution in [3.63, 3.8) is 0 Å². The molecule has 0 fully saturated rings. The topological polar surface area (TPSA) is 82.0 Å². The Balaban J connectivity index is 2.05. The molecule has 0 aliphatic carbocycles. The summed E-state index contributed by atoms with van der Waals surface area (Å²) in [6.07, 6.45) is 1.69. The zero-order valence-electron chi connectivity index (χ0n) is 9.43. The molecule has 0 bridgehead atoms. The van der Waals surface area contributed by atoms with Crippen LogP contribution in [0.2, 0.25) is 0 Å². The Morgan fingerprint density at radius 1 is 1.11 bits per heavy atom. The van der Waals surface area contributed by atoms with Gasteiger partial charge in [-0.1, -0.05) is 52.4 Å². The van der Waals surface area contributed by atoms with Crippen LogP contribution in [0.5, 0.6) is 0 Å². The second-order valence-electron chi connectivity index (χ2n) is 3.74. The van der Waals surface area contributed by atoms with Gasteiger partial charge in [0.15, 0.2) is 0 Å². The molecule has 18 heavy (non-hydrogen) atoms. The quantitative estimate of drug-likeness (QED) is 0.682. The van der Waals surface area contributed by atoms with E-state index in [1.54, 1.807) is 6.21 Å². The van der Waals surface area contributed by atoms with E-state index in [1.165, 1.54) is 4.79 Å². The number of aromatic nitrogens is 4. The van der Waals surface area contributed by atoms with Crippen LogP contribution in [0.1, 0.15) is 5.56 Å². The SMILES string of the molecule is Nc1nnnn1/N=C/c1cccc2ccccc12. The van der Waals surface area contributed by atoms with E-state index in [9.17, 15) is 0 Å². The van der Waals surface area contributed by atoms with Crippen LogP contribution in [0.4, 0.5) is 5.95 Å². The molecule has 2 aromatic carbocycles. The number of hydrogen-bond donors (Lipinski definition) is 1. The third kappa shape index (κ3) is 1.80. The van der Waals surface area contributed by atoms with Gasteiger partial charge in [-0.3, -0.25) is 0 Å². The third-order valence-corrected chi connectivity index (χ3v) is 2.61. The highest BCUT2D eigenvalue weighted by Crippen LogP contribution is 2.16. The molecule has 0 saturated carbocycles. The predicted octanol–water partition coefficient (Wildman–Crippen LogP) is 1.29. The maximum Gasteiger partial charge on any atom is 0.263 e. The number of tetrazole rings is 1. The summed E-state index contributed by atoms with van der Waals surface area (Å²) >= 11 is 0. The summed E-state index contributed by atoms with van der Waals surface area (Å²) in [6.45, 7) is 0. The minimum Gasteiger partial charge on any atom is -0.365 e. The van der Waals surface area contributed by atoms with Crippen LogP contribution in [0.3, 0.4) is 0 Å². The van der Waals surface area contributed by atoms with Gasteiger partial charge in [0.05, 0.1) is 6.21 Å². The van der Waals surface area contributed by atoms with Crippen molar-refractivity contribution in [2.45, 2.75) is 0 Å². The van der Waals surface area contributed by atoms with E-state index in [-0.39, 0.29) is 5.95 Å². The highest BCUT2D eigenvalue weighted by atomic mass is 15.7. The number of nitrogen functional groups attached to an aromatic ring is 1. The summed E-state index contributed by atoms with van der Waals surface area (Å²) < 4.78 is 0. The molecule has 0 aliphatic heterocycles. The Hall–Kier alpha value is -2.76. The standard InChI is InChI=1S/C12H10N6/c13-12-15-16-17-18(12)14-8-10-6-3-5-9-4-1-2-7-11(9)10/h1-8H,(H2,13,15,17)/b14-8+. The smallest absolute Gasteiger partial charge is 0.263 e. The molecule has 3 rings (SSSR count). The molecule has 0 amide bonds. The van der Waals surface area contributed by atoms with E-state index in [2.05, 4.69) is 32.8 Å². The first kappa shape index (κ1) is 10.4. The fourth-order valence-corrected chi connectivity index (χ4v) is 1.75. The van der Waals surface area contributed by atoms with Crippen molar-refractivity contribution in [3.8, 4) is 0 Å². The van der Waals surface area contributed by atoms with E-state index in [0.29, 0.717) is 0 Å². The Labute approximate surface area is 103 Å². The first-order chi connectivity index (χ1) is 8.84. The summed E-state index contributed by atoms with van der Waals surface area (Å²) in [4.78, 5) is 1.18. The number of rotatable bonds is 2. The summed E-state index contributed by atoms with van der Waals surface area (Å²) in [5, 5.41) is 17.0. The van der Waals surface area contributed by atoms with Crippen LogP contribution in [0, 0.1) is 0 Å². The number of hydrogen-bond acceptors (Lipinski definition) is 5. The van der Waals surface area contributed by atoms with Crippen LogP contribution in [0.25, 0.3) is 10.8 Å². The van der Waals surface area contributed by atoms with Gasteiger partial charge in [0, 0.05) is 5.56 Å². The van der Waals surface area contributed by atoms with Crippen LogP contribution in [0.15, 0.2) is 47.6 Å². The summed E-state index contributed by atoms with van der Waals surface area (Å²) in [6, 6.07) is 14.1. The van der Waals surface area contributed by atoms with E-state index in [0.717, 1.165) is 16.3 Å². The fraction of sp³-hybridized carbons (Fsp3) is 0. The lowest BCUT2D eigenvalue weighted by molar-refractivity contribution is 0.700. The highest BCUT2D eigenvalue weighted by molar-refractivity contribution is 5.99. The van der Waals surface area contributed by atoms with Gasteiger partial charge in [0.2, 0.25) is 0 Å². The Morgan fingerprint density at radius 3 is 2.78 bits per heavy atom. The molecule has 0 unspecified atom stereocenters. The van der Waals surface area contributed by atoms with Gasteiger partial charge in [-0.15, -0.1) is 0 Å². The molecule has 0 radical (unpaired) electrons. The van der Waals surface area contributed by atoms with Gasteiger partial charge in [0.25, 0.3) is 5.95 Å². The lowest BCUT2D eigenvalue weighted by Crippen LogP contribution is -1.99. The van der Waals surface area contributed by atoms with Crippen molar-refractivity contribution >= 4 is 22.9 Å². The third-order valence-electron chi connectivity index (χ3n) is 2.61. The summed E-state index contributed by atoms with van der Waals surface area (Å²) in [5.41, 5.74) is 6.52. The number of benzene rings is 2. The van der Waals surface area contributed by atoms with E-state index >= 15 is 0 Å². The zero-order valence-corrected chi connectivity index (χ0v) is 9.43. The molecule has 0 atom stereocenters. The Bertz CT molecular complexity index is 710. The molecule has 0 saturated heterocycles. The first-order valence-corrected chi connectivity index (χ1v) is 5.40. The Kier molecular flexibility index (Phi) is 2.45. The molecule has 1 heterocycles. The van der Waals surface area contributed by atoms with E-state index in [1.807, 2.05) is 30.3 Å². The largest absolute Gasteiger partial charge is 0.365 e. The second-order valence-corrected chi connectivity index (χ2v) is 3.74. The van der Waals surface area contributed by atoms with Crippen LogP contribution in [-0.4, -0.2) is 26.5 Å². The predicted molar refractivity (Wildman–Crippen MR) is 69.2 cm³/mol. The molecule has 1 aromatic heterocycles. The van der Waals surface area contributed by atoms with Gasteiger partial charge in [-0.25, -0.2) is 0 Å². The molecule has 88 valence electrons. The van der Waals surface area contributed by atoms with Crippen molar-refractivity contribution in [2.75, 3.05) is 5.73 Å². The minimum absolute atomic E-state index is 0.159. The number of nitrogens with zero attached hydrogens (tertiary/aromatic N) is 5. The maximum atomic E-state index is 5.53. The van der Waals surface area contributed by atoms with Gasteiger partial charge in [-0.05, 0) is 21.2 Å². The minimum atomic E-state index is 0.159. The summed E-state index contributed by atoms with van der Waals surface area (Å²) in [7, 11) is 0. The van der Waals surface area contributed by atoms with Crippen molar-refractivity contribution in [2.24, 2.45) is 5.10 Å². The molecule has 0 aliphatic rings. The average Bonchev–Trinajstić information content (AvgIpc) is 2.82. The van der Waals surface area contributed by atoms with Gasteiger partial charge in [-0.2, -0.15) is 5.10 Å². The number of fused-ring (bicyclic) bond motifs is 1. The lowest BCUT2D eigenvalue weighted by atomic mass is 10.1. The lowest BCUT2D eigenvalue weighted by Gasteiger charge is -2.00. The molecule has 6 heteroatoms. The van der Waals surface area contributed by atoms with Crippen molar-refractivity contribution < 1.29 is 0 Å². The molecule has 6 nitrogen and oxygen atoms in total. The molecule has 3 aromatic rings. The zero-order chi connectivity index (χ0) is 12.4. The molecular weight excluding hydrogens is 228 g/mol. The second kappa shape index (κ2) is 4.25. The van der Waals surface area contributed by atoms with E-state index < -0.39 is 0 Å². The van der Waals surface area contributed by atoms with Gasteiger partial charge in [0.1, 0.15) is 0 Å². The molecule has 2 N–H and O–H groups in total. The van der Waals surface area contributed by atoms with Gasteiger partial charge >= 0.3 is 0 Å².